The summed E-state index contributed by atoms with van der Waals surface area (Å²) < 4.78 is 9.69. The molecule has 2 heterocycles. The molecule has 7 heteroatoms. The average molecular weight is 316 g/mol. The number of aromatic nitrogens is 2. The van der Waals surface area contributed by atoms with Crippen molar-refractivity contribution in [2.24, 2.45) is 0 Å². The van der Waals surface area contributed by atoms with E-state index in [-0.39, 0.29) is 11.9 Å². The topological polar surface area (TPSA) is 68.0 Å². The predicted molar refractivity (Wildman–Crippen MR) is 66.9 cm³/mol. The number of hydrogen-bond donors (Lipinski definition) is 1. The third kappa shape index (κ3) is 2.92. The smallest absolute Gasteiger partial charge is 0.271 e. The third-order valence-electron chi connectivity index (χ3n) is 2.13. The quantitative estimate of drug-likeness (QED) is 0.945. The lowest BCUT2D eigenvalue weighted by Gasteiger charge is -2.08. The van der Waals surface area contributed by atoms with E-state index in [1.807, 2.05) is 13.8 Å². The first-order valence-electron chi connectivity index (χ1n) is 4.92. The molecule has 0 fully saturated rings. The number of carbonyl (C=O) groups excluding carboxylic acids is 1. The lowest BCUT2D eigenvalue weighted by Crippen LogP contribution is -2.26. The van der Waals surface area contributed by atoms with Gasteiger partial charge >= 0.3 is 0 Å². The highest BCUT2D eigenvalue weighted by molar-refractivity contribution is 9.10. The van der Waals surface area contributed by atoms with Gasteiger partial charge in [-0.15, -0.1) is 0 Å². The van der Waals surface area contributed by atoms with Crippen LogP contribution in [0.25, 0.3) is 0 Å². The monoisotopic (exact) mass is 315 g/mol. The van der Waals surface area contributed by atoms with E-state index >= 15 is 0 Å². The molecule has 0 spiro atoms. The van der Waals surface area contributed by atoms with Crippen molar-refractivity contribution in [1.29, 1.82) is 0 Å². The van der Waals surface area contributed by atoms with Gasteiger partial charge in [-0.1, -0.05) is 5.16 Å². The van der Waals surface area contributed by atoms with Gasteiger partial charge in [0, 0.05) is 10.9 Å². The van der Waals surface area contributed by atoms with Crippen LogP contribution in [0.15, 0.2) is 21.3 Å². The Kier molecular flexibility index (Phi) is 3.58. The van der Waals surface area contributed by atoms with Crippen molar-refractivity contribution in [3.8, 4) is 0 Å². The van der Waals surface area contributed by atoms with Gasteiger partial charge in [-0.25, -0.2) is 0 Å². The summed E-state index contributed by atoms with van der Waals surface area (Å²) in [7, 11) is 0. The van der Waals surface area contributed by atoms with E-state index in [9.17, 15) is 4.79 Å². The van der Waals surface area contributed by atoms with Crippen LogP contribution in [0, 0.1) is 6.92 Å². The van der Waals surface area contributed by atoms with Crippen molar-refractivity contribution in [1.82, 2.24) is 14.8 Å². The minimum Gasteiger partial charge on any atom is -0.358 e. The van der Waals surface area contributed by atoms with Crippen molar-refractivity contribution >= 4 is 33.4 Å². The Morgan fingerprint density at radius 2 is 2.35 bits per heavy atom. The van der Waals surface area contributed by atoms with Gasteiger partial charge in [-0.05, 0) is 47.4 Å². The zero-order chi connectivity index (χ0) is 12.4. The van der Waals surface area contributed by atoms with Crippen LogP contribution < -0.4 is 5.32 Å². The van der Waals surface area contributed by atoms with Crippen molar-refractivity contribution in [2.75, 3.05) is 0 Å². The third-order valence-corrected chi connectivity index (χ3v) is 3.20. The van der Waals surface area contributed by atoms with Crippen molar-refractivity contribution in [3.63, 3.8) is 0 Å². The first-order valence-corrected chi connectivity index (χ1v) is 6.49. The highest BCUT2D eigenvalue weighted by atomic mass is 79.9. The van der Waals surface area contributed by atoms with Gasteiger partial charge in [0.15, 0.2) is 5.76 Å². The van der Waals surface area contributed by atoms with Crippen molar-refractivity contribution < 1.29 is 9.32 Å². The summed E-state index contributed by atoms with van der Waals surface area (Å²) in [5.41, 5.74) is 0.429. The summed E-state index contributed by atoms with van der Waals surface area (Å²) in [4.78, 5) is 12.8. The van der Waals surface area contributed by atoms with Gasteiger partial charge in [-0.3, -0.25) is 4.79 Å². The summed E-state index contributed by atoms with van der Waals surface area (Å²) in [5, 5.41) is 6.49. The van der Waals surface area contributed by atoms with Crippen LogP contribution in [0.3, 0.4) is 0 Å². The van der Waals surface area contributed by atoms with Crippen LogP contribution >= 0.6 is 27.5 Å². The molecule has 17 heavy (non-hydrogen) atoms. The molecule has 2 rings (SSSR count). The number of halogens is 1. The standard InChI is InChI=1S/C10H10BrN3O2S/c1-5-3-7(14-17-5)10(15)12-6(2)8-4-9(11)13-16-8/h3-4,6H,1-2H3,(H,12,15)/t6-/m1/s1. The second-order valence-corrected chi connectivity index (χ2v) is 5.39. The Morgan fingerprint density at radius 3 is 2.88 bits per heavy atom. The Labute approximate surface area is 110 Å². The van der Waals surface area contributed by atoms with Crippen LogP contribution in [0.5, 0.6) is 0 Å². The maximum atomic E-state index is 11.8. The SMILES string of the molecule is Cc1cc(C(=O)N[C@H](C)c2cc(Br)no2)ns1. The molecule has 0 saturated carbocycles. The minimum absolute atomic E-state index is 0.214. The van der Waals surface area contributed by atoms with Gasteiger partial charge in [-0.2, -0.15) is 4.37 Å². The van der Waals surface area contributed by atoms with E-state index in [0.717, 1.165) is 4.88 Å². The second-order valence-electron chi connectivity index (χ2n) is 3.57. The molecule has 2 aromatic heterocycles. The van der Waals surface area contributed by atoms with Crippen LogP contribution in [0.1, 0.15) is 34.1 Å². The number of amides is 1. The summed E-state index contributed by atoms with van der Waals surface area (Å²) in [6.45, 7) is 3.73. The van der Waals surface area contributed by atoms with Gasteiger partial charge in [0.2, 0.25) is 0 Å². The fourth-order valence-electron chi connectivity index (χ4n) is 1.29. The first kappa shape index (κ1) is 12.3. The molecule has 0 aromatic carbocycles. The molecule has 90 valence electrons. The number of rotatable bonds is 3. The molecule has 0 aliphatic heterocycles. The molecule has 2 aromatic rings. The lowest BCUT2D eigenvalue weighted by atomic mass is 10.2. The van der Waals surface area contributed by atoms with Gasteiger partial charge in [0.25, 0.3) is 5.91 Å². The summed E-state index contributed by atoms with van der Waals surface area (Å²) in [6, 6.07) is 3.23. The molecular formula is C10H10BrN3O2S. The average Bonchev–Trinajstić information content (AvgIpc) is 2.87. The van der Waals surface area contributed by atoms with Gasteiger partial charge < -0.3 is 9.84 Å². The number of hydrogen-bond acceptors (Lipinski definition) is 5. The zero-order valence-electron chi connectivity index (χ0n) is 9.23. The summed E-state index contributed by atoms with van der Waals surface area (Å²) >= 11 is 4.49. The molecule has 0 saturated heterocycles. The van der Waals surface area contributed by atoms with E-state index in [1.165, 1.54) is 11.5 Å². The molecular weight excluding hydrogens is 306 g/mol. The largest absolute Gasteiger partial charge is 0.358 e. The fraction of sp³-hybridized carbons (Fsp3) is 0.300. The van der Waals surface area contributed by atoms with Crippen molar-refractivity contribution in [2.45, 2.75) is 19.9 Å². The van der Waals surface area contributed by atoms with Crippen LogP contribution in [0.2, 0.25) is 0 Å². The Hall–Kier alpha value is -1.21. The number of carbonyl (C=O) groups is 1. The molecule has 1 amide bonds. The van der Waals surface area contributed by atoms with E-state index in [2.05, 4.69) is 30.8 Å². The Balaban J connectivity index is 2.04. The molecule has 0 bridgehead atoms. The predicted octanol–water partition coefficient (Wildman–Crippen LogP) is 2.69. The van der Waals surface area contributed by atoms with E-state index in [4.69, 9.17) is 4.52 Å². The summed E-state index contributed by atoms with van der Waals surface area (Å²) in [6.07, 6.45) is 0. The van der Waals surface area contributed by atoms with Crippen LogP contribution in [-0.2, 0) is 0 Å². The minimum atomic E-state index is -0.247. The summed E-state index contributed by atoms with van der Waals surface area (Å²) in [5.74, 6) is 0.381. The zero-order valence-corrected chi connectivity index (χ0v) is 11.6. The highest BCUT2D eigenvalue weighted by Gasteiger charge is 2.16. The van der Waals surface area contributed by atoms with Gasteiger partial charge in [0.05, 0.1) is 6.04 Å². The molecule has 5 nitrogen and oxygen atoms in total. The maximum absolute atomic E-state index is 11.8. The number of nitrogens with zero attached hydrogens (tertiary/aromatic N) is 2. The Morgan fingerprint density at radius 1 is 1.59 bits per heavy atom. The van der Waals surface area contributed by atoms with Gasteiger partial charge in [0.1, 0.15) is 10.3 Å². The second kappa shape index (κ2) is 4.97. The van der Waals surface area contributed by atoms with E-state index < -0.39 is 0 Å². The van der Waals surface area contributed by atoms with E-state index in [0.29, 0.717) is 16.1 Å². The molecule has 1 atom stereocenters. The van der Waals surface area contributed by atoms with Crippen LogP contribution in [-0.4, -0.2) is 15.4 Å². The number of aryl methyl sites for hydroxylation is 1. The first-order chi connectivity index (χ1) is 8.06. The van der Waals surface area contributed by atoms with E-state index in [1.54, 1.807) is 12.1 Å². The van der Waals surface area contributed by atoms with Crippen LogP contribution in [0.4, 0.5) is 0 Å². The number of nitrogens with one attached hydrogen (secondary N) is 1. The molecule has 0 unspecified atom stereocenters. The highest BCUT2D eigenvalue weighted by Crippen LogP contribution is 2.17. The maximum Gasteiger partial charge on any atom is 0.271 e. The normalized spacial score (nSPS) is 12.4. The Bertz CT molecular complexity index is 537. The molecule has 0 radical (unpaired) electrons. The molecule has 0 aliphatic rings. The molecule has 0 aliphatic carbocycles. The fourth-order valence-corrected chi connectivity index (χ4v) is 2.13. The van der Waals surface area contributed by atoms with Crippen molar-refractivity contribution in [3.05, 3.63) is 33.1 Å². The lowest BCUT2D eigenvalue weighted by molar-refractivity contribution is 0.0930. The molecule has 1 N–H and O–H groups in total.